The van der Waals surface area contributed by atoms with E-state index in [-0.39, 0.29) is 5.92 Å². The fraction of sp³-hybridized carbons (Fsp3) is 0.562. The van der Waals surface area contributed by atoms with Gasteiger partial charge in [0.1, 0.15) is 0 Å². The van der Waals surface area contributed by atoms with Crippen molar-refractivity contribution in [2.24, 2.45) is 5.92 Å². The van der Waals surface area contributed by atoms with Crippen LogP contribution in [-0.4, -0.2) is 41.9 Å². The summed E-state index contributed by atoms with van der Waals surface area (Å²) in [6.45, 7) is 4.23. The van der Waals surface area contributed by atoms with E-state index in [2.05, 4.69) is 17.9 Å². The van der Waals surface area contributed by atoms with Gasteiger partial charge in [-0.3, -0.25) is 4.79 Å². The molecule has 21 heavy (non-hydrogen) atoms. The van der Waals surface area contributed by atoms with E-state index < -0.39 is 5.97 Å². The first-order valence-corrected chi connectivity index (χ1v) is 7.49. The number of carboxylic acid groups (broad SMARTS) is 1. The molecule has 1 atom stereocenters. The molecule has 0 aromatic heterocycles. The molecule has 0 radical (unpaired) electrons. The average Bonchev–Trinajstić information content (AvgIpc) is 2.95. The Morgan fingerprint density at radius 3 is 2.76 bits per heavy atom. The Kier molecular flexibility index (Phi) is 4.01. The zero-order valence-corrected chi connectivity index (χ0v) is 12.2. The van der Waals surface area contributed by atoms with Crippen molar-refractivity contribution in [1.29, 1.82) is 0 Å². The average molecular weight is 291 g/mol. The molecule has 0 saturated carbocycles. The zero-order valence-electron chi connectivity index (χ0n) is 12.2. The van der Waals surface area contributed by atoms with Crippen LogP contribution in [0.5, 0.6) is 11.5 Å². The van der Waals surface area contributed by atoms with Gasteiger partial charge in [0.2, 0.25) is 6.79 Å². The minimum atomic E-state index is -0.655. The number of aliphatic carboxylic acids is 1. The Labute approximate surface area is 124 Å². The molecular formula is C16H21NO4. The molecular weight excluding hydrogens is 270 g/mol. The maximum absolute atomic E-state index is 11.0. The van der Waals surface area contributed by atoms with E-state index in [0.29, 0.717) is 12.8 Å². The summed E-state index contributed by atoms with van der Waals surface area (Å²) < 4.78 is 10.7. The van der Waals surface area contributed by atoms with Gasteiger partial charge >= 0.3 is 5.97 Å². The molecule has 0 bridgehead atoms. The smallest absolute Gasteiger partial charge is 0.306 e. The lowest BCUT2D eigenvalue weighted by molar-refractivity contribution is -0.143. The topological polar surface area (TPSA) is 59.0 Å². The Morgan fingerprint density at radius 2 is 2.05 bits per heavy atom. The molecule has 1 fully saturated rings. The molecule has 2 heterocycles. The zero-order chi connectivity index (χ0) is 14.8. The van der Waals surface area contributed by atoms with E-state index >= 15 is 0 Å². The van der Waals surface area contributed by atoms with Crippen LogP contribution in [0.3, 0.4) is 0 Å². The van der Waals surface area contributed by atoms with E-state index in [0.717, 1.165) is 43.9 Å². The highest BCUT2D eigenvalue weighted by molar-refractivity contribution is 5.70. The van der Waals surface area contributed by atoms with Crippen LogP contribution in [0.1, 0.15) is 25.3 Å². The minimum absolute atomic E-state index is 0.168. The molecule has 1 N–H and O–H groups in total. The van der Waals surface area contributed by atoms with E-state index in [9.17, 15) is 4.79 Å². The van der Waals surface area contributed by atoms with E-state index in [1.165, 1.54) is 5.56 Å². The van der Waals surface area contributed by atoms with Gasteiger partial charge in [-0.25, -0.2) is 0 Å². The summed E-state index contributed by atoms with van der Waals surface area (Å²) in [5.41, 5.74) is 1.23. The number of hydrogen-bond donors (Lipinski definition) is 1. The predicted molar refractivity (Wildman–Crippen MR) is 77.7 cm³/mol. The second kappa shape index (κ2) is 5.93. The summed E-state index contributed by atoms with van der Waals surface area (Å²) in [6, 6.07) is 6.48. The van der Waals surface area contributed by atoms with Crippen molar-refractivity contribution >= 4 is 5.97 Å². The van der Waals surface area contributed by atoms with Gasteiger partial charge in [-0.2, -0.15) is 0 Å². The van der Waals surface area contributed by atoms with E-state index in [1.807, 2.05) is 12.1 Å². The molecule has 3 rings (SSSR count). The molecule has 1 saturated heterocycles. The van der Waals surface area contributed by atoms with Crippen LogP contribution in [0.15, 0.2) is 18.2 Å². The Morgan fingerprint density at radius 1 is 1.33 bits per heavy atom. The highest BCUT2D eigenvalue weighted by Crippen LogP contribution is 2.33. The molecule has 114 valence electrons. The molecule has 1 aromatic carbocycles. The number of ether oxygens (including phenoxy) is 2. The van der Waals surface area contributed by atoms with Crippen LogP contribution in [0.2, 0.25) is 0 Å². The Hall–Kier alpha value is -1.75. The summed E-state index contributed by atoms with van der Waals surface area (Å²) in [5, 5.41) is 9.04. The van der Waals surface area contributed by atoms with Crippen molar-refractivity contribution < 1.29 is 19.4 Å². The summed E-state index contributed by atoms with van der Waals surface area (Å²) in [6.07, 6.45) is 2.44. The highest BCUT2D eigenvalue weighted by Gasteiger charge is 2.27. The third kappa shape index (κ3) is 3.13. The molecule has 1 aromatic rings. The summed E-state index contributed by atoms with van der Waals surface area (Å²) in [7, 11) is 0. The number of likely N-dealkylation sites (tertiary alicyclic amines) is 1. The number of hydrogen-bond acceptors (Lipinski definition) is 4. The van der Waals surface area contributed by atoms with E-state index in [1.54, 1.807) is 0 Å². The monoisotopic (exact) mass is 291 g/mol. The van der Waals surface area contributed by atoms with Crippen LogP contribution >= 0.6 is 0 Å². The van der Waals surface area contributed by atoms with Crippen molar-refractivity contribution in [3.63, 3.8) is 0 Å². The number of benzene rings is 1. The lowest BCUT2D eigenvalue weighted by Crippen LogP contribution is -2.42. The minimum Gasteiger partial charge on any atom is -0.481 e. The van der Waals surface area contributed by atoms with Crippen LogP contribution in [0.25, 0.3) is 0 Å². The summed E-state index contributed by atoms with van der Waals surface area (Å²) >= 11 is 0. The lowest BCUT2D eigenvalue weighted by Gasteiger charge is -2.34. The number of carbonyl (C=O) groups is 1. The Bertz CT molecular complexity index is 523. The number of piperidine rings is 1. The van der Waals surface area contributed by atoms with Gasteiger partial charge in [0.25, 0.3) is 0 Å². The second-order valence-corrected chi connectivity index (χ2v) is 5.89. The van der Waals surface area contributed by atoms with Gasteiger partial charge in [-0.05, 0) is 57.0 Å². The number of nitrogens with zero attached hydrogens (tertiary/aromatic N) is 1. The Balaban J connectivity index is 1.57. The third-order valence-corrected chi connectivity index (χ3v) is 4.47. The quantitative estimate of drug-likeness (QED) is 0.921. The maximum atomic E-state index is 11.0. The number of carboxylic acids is 1. The maximum Gasteiger partial charge on any atom is 0.306 e. The van der Waals surface area contributed by atoms with Crippen LogP contribution < -0.4 is 9.47 Å². The van der Waals surface area contributed by atoms with Crippen LogP contribution in [0, 0.1) is 5.92 Å². The largest absolute Gasteiger partial charge is 0.481 e. The van der Waals surface area contributed by atoms with Gasteiger partial charge in [0, 0.05) is 6.04 Å². The molecule has 0 aliphatic carbocycles. The van der Waals surface area contributed by atoms with Crippen molar-refractivity contribution in [2.75, 3.05) is 19.9 Å². The fourth-order valence-electron chi connectivity index (χ4n) is 3.13. The van der Waals surface area contributed by atoms with Gasteiger partial charge in [0.05, 0.1) is 5.92 Å². The van der Waals surface area contributed by atoms with Crippen molar-refractivity contribution in [2.45, 2.75) is 32.2 Å². The number of rotatable bonds is 4. The molecule has 5 heteroatoms. The number of fused-ring (bicyclic) bond motifs is 1. The normalized spacial score (nSPS) is 20.4. The van der Waals surface area contributed by atoms with Crippen molar-refractivity contribution in [1.82, 2.24) is 4.90 Å². The molecule has 2 aliphatic rings. The molecule has 0 amide bonds. The van der Waals surface area contributed by atoms with Crippen molar-refractivity contribution in [3.05, 3.63) is 23.8 Å². The molecule has 1 unspecified atom stereocenters. The standard InChI is InChI=1S/C16H21NO4/c1-11(17-6-4-13(5-7-17)16(18)19)8-12-2-3-14-15(9-12)21-10-20-14/h2-3,9,11,13H,4-8,10H2,1H3,(H,18,19). The first kappa shape index (κ1) is 14.2. The van der Waals surface area contributed by atoms with E-state index in [4.69, 9.17) is 14.6 Å². The molecule has 5 nitrogen and oxygen atoms in total. The SMILES string of the molecule is CC(Cc1ccc2c(c1)OCO2)N1CCC(C(=O)O)CC1. The first-order chi connectivity index (χ1) is 10.1. The van der Waals surface area contributed by atoms with Gasteiger partial charge in [0.15, 0.2) is 11.5 Å². The second-order valence-electron chi connectivity index (χ2n) is 5.89. The first-order valence-electron chi connectivity index (χ1n) is 7.49. The van der Waals surface area contributed by atoms with Gasteiger partial charge in [-0.1, -0.05) is 6.07 Å². The summed E-state index contributed by atoms with van der Waals surface area (Å²) in [5.74, 6) is 0.815. The van der Waals surface area contributed by atoms with Crippen molar-refractivity contribution in [3.8, 4) is 11.5 Å². The molecule has 0 spiro atoms. The van der Waals surface area contributed by atoms with Gasteiger partial charge in [-0.15, -0.1) is 0 Å². The highest BCUT2D eigenvalue weighted by atomic mass is 16.7. The predicted octanol–water partition coefficient (Wildman–Crippen LogP) is 2.14. The third-order valence-electron chi connectivity index (χ3n) is 4.47. The van der Waals surface area contributed by atoms with Crippen LogP contribution in [-0.2, 0) is 11.2 Å². The summed E-state index contributed by atoms with van der Waals surface area (Å²) in [4.78, 5) is 13.4. The fourth-order valence-corrected chi connectivity index (χ4v) is 3.13. The van der Waals surface area contributed by atoms with Crippen LogP contribution in [0.4, 0.5) is 0 Å². The van der Waals surface area contributed by atoms with Gasteiger partial charge < -0.3 is 19.5 Å². The molecule has 2 aliphatic heterocycles. The lowest BCUT2D eigenvalue weighted by atomic mass is 9.95.